The lowest BCUT2D eigenvalue weighted by Crippen LogP contribution is -2.35. The van der Waals surface area contributed by atoms with E-state index in [9.17, 15) is 8.42 Å². The molecule has 6 heteroatoms. The molecular formula is C14H22N2O3S. The summed E-state index contributed by atoms with van der Waals surface area (Å²) in [7, 11) is -3.37. The Hall–Kier alpha value is -1.11. The fourth-order valence-corrected chi connectivity index (χ4v) is 3.97. The molecule has 0 aliphatic carbocycles. The highest BCUT2D eigenvalue weighted by Crippen LogP contribution is 2.25. The van der Waals surface area contributed by atoms with Crippen molar-refractivity contribution in [1.82, 2.24) is 4.31 Å². The minimum atomic E-state index is -3.37. The van der Waals surface area contributed by atoms with E-state index < -0.39 is 10.0 Å². The summed E-state index contributed by atoms with van der Waals surface area (Å²) in [5, 5.41) is 0. The highest BCUT2D eigenvalue weighted by atomic mass is 32.2. The van der Waals surface area contributed by atoms with Gasteiger partial charge in [-0.1, -0.05) is 6.42 Å². The fourth-order valence-electron chi connectivity index (χ4n) is 2.37. The molecule has 1 aliphatic rings. The van der Waals surface area contributed by atoms with Crippen molar-refractivity contribution in [3.05, 3.63) is 23.8 Å². The molecule has 0 radical (unpaired) electrons. The summed E-state index contributed by atoms with van der Waals surface area (Å²) in [6, 6.07) is 5.00. The van der Waals surface area contributed by atoms with E-state index in [0.717, 1.165) is 24.8 Å². The van der Waals surface area contributed by atoms with Crippen LogP contribution < -0.4 is 10.5 Å². The molecule has 1 saturated heterocycles. The first kappa shape index (κ1) is 15.3. The number of rotatable bonds is 5. The topological polar surface area (TPSA) is 72.6 Å². The number of piperidine rings is 1. The molecule has 0 atom stereocenters. The molecule has 0 amide bonds. The second kappa shape index (κ2) is 6.56. The maximum absolute atomic E-state index is 12.5. The molecule has 112 valence electrons. The molecule has 0 bridgehead atoms. The minimum absolute atomic E-state index is 0.344. The Balaban J connectivity index is 2.21. The van der Waals surface area contributed by atoms with Gasteiger partial charge in [0.15, 0.2) is 0 Å². The van der Waals surface area contributed by atoms with E-state index in [-0.39, 0.29) is 0 Å². The van der Waals surface area contributed by atoms with Gasteiger partial charge in [0.25, 0.3) is 0 Å². The second-order valence-corrected chi connectivity index (χ2v) is 6.97. The second-order valence-electron chi connectivity index (χ2n) is 5.03. The van der Waals surface area contributed by atoms with Crippen molar-refractivity contribution < 1.29 is 13.2 Å². The summed E-state index contributed by atoms with van der Waals surface area (Å²) in [6.07, 6.45) is 2.99. The minimum Gasteiger partial charge on any atom is -0.492 e. The summed E-state index contributed by atoms with van der Waals surface area (Å²) in [5.74, 6) is 0.688. The van der Waals surface area contributed by atoms with Gasteiger partial charge in [-0.15, -0.1) is 0 Å². The summed E-state index contributed by atoms with van der Waals surface area (Å²) in [5.41, 5.74) is 6.21. The normalized spacial score (nSPS) is 17.1. The monoisotopic (exact) mass is 298 g/mol. The van der Waals surface area contributed by atoms with Gasteiger partial charge >= 0.3 is 0 Å². The number of nitrogens with zero attached hydrogens (tertiary/aromatic N) is 1. The molecule has 2 rings (SSSR count). The summed E-state index contributed by atoms with van der Waals surface area (Å²) < 4.78 is 32.1. The highest BCUT2D eigenvalue weighted by molar-refractivity contribution is 7.89. The number of sulfonamides is 1. The van der Waals surface area contributed by atoms with Crippen LogP contribution in [-0.4, -0.2) is 39.0 Å². The van der Waals surface area contributed by atoms with Crippen molar-refractivity contribution in [2.24, 2.45) is 5.73 Å². The van der Waals surface area contributed by atoms with E-state index in [1.807, 2.05) is 6.92 Å². The number of aryl methyl sites for hydroxylation is 1. The van der Waals surface area contributed by atoms with Crippen molar-refractivity contribution in [3.8, 4) is 5.75 Å². The Morgan fingerprint density at radius 3 is 2.55 bits per heavy atom. The molecule has 0 unspecified atom stereocenters. The molecule has 1 fully saturated rings. The third-order valence-electron chi connectivity index (χ3n) is 3.47. The molecule has 1 aliphatic heterocycles. The lowest BCUT2D eigenvalue weighted by Gasteiger charge is -2.26. The van der Waals surface area contributed by atoms with Gasteiger partial charge in [0.1, 0.15) is 12.4 Å². The molecule has 0 saturated carbocycles. The van der Waals surface area contributed by atoms with Gasteiger partial charge in [-0.05, 0) is 43.5 Å². The van der Waals surface area contributed by atoms with Crippen LogP contribution in [0.3, 0.4) is 0 Å². The zero-order valence-corrected chi connectivity index (χ0v) is 12.7. The quantitative estimate of drug-likeness (QED) is 0.894. The lowest BCUT2D eigenvalue weighted by molar-refractivity contribution is 0.325. The van der Waals surface area contributed by atoms with E-state index >= 15 is 0 Å². The fraction of sp³-hybridized carbons (Fsp3) is 0.571. The van der Waals surface area contributed by atoms with E-state index in [2.05, 4.69) is 0 Å². The van der Waals surface area contributed by atoms with Crippen LogP contribution in [-0.2, 0) is 10.0 Å². The third kappa shape index (κ3) is 3.31. The number of ether oxygens (including phenoxy) is 1. The summed E-state index contributed by atoms with van der Waals surface area (Å²) in [6.45, 7) is 3.95. The molecule has 1 heterocycles. The van der Waals surface area contributed by atoms with Gasteiger partial charge in [0, 0.05) is 19.6 Å². The zero-order chi connectivity index (χ0) is 14.6. The molecule has 1 aromatic rings. The Morgan fingerprint density at radius 2 is 1.95 bits per heavy atom. The number of nitrogens with two attached hydrogens (primary N) is 1. The van der Waals surface area contributed by atoms with Gasteiger partial charge in [-0.2, -0.15) is 4.31 Å². The standard InChI is InChI=1S/C14H22N2O3S/c1-12-11-13(5-6-14(12)19-10-7-15)20(17,18)16-8-3-2-4-9-16/h5-6,11H,2-4,7-10,15H2,1H3. The summed E-state index contributed by atoms with van der Waals surface area (Å²) in [4.78, 5) is 0.344. The lowest BCUT2D eigenvalue weighted by atomic mass is 10.2. The van der Waals surface area contributed by atoms with Crippen LogP contribution in [0, 0.1) is 6.92 Å². The third-order valence-corrected chi connectivity index (χ3v) is 5.37. The van der Waals surface area contributed by atoms with Crippen LogP contribution in [0.5, 0.6) is 5.75 Å². The van der Waals surface area contributed by atoms with E-state index in [1.54, 1.807) is 22.5 Å². The predicted molar refractivity (Wildman–Crippen MR) is 78.3 cm³/mol. The number of benzene rings is 1. The SMILES string of the molecule is Cc1cc(S(=O)(=O)N2CCCCC2)ccc1OCCN. The summed E-state index contributed by atoms with van der Waals surface area (Å²) >= 11 is 0. The van der Waals surface area contributed by atoms with Crippen molar-refractivity contribution in [2.75, 3.05) is 26.2 Å². The van der Waals surface area contributed by atoms with E-state index in [1.165, 1.54) is 0 Å². The van der Waals surface area contributed by atoms with Crippen LogP contribution in [0.15, 0.2) is 23.1 Å². The number of hydrogen-bond donors (Lipinski definition) is 1. The van der Waals surface area contributed by atoms with Gasteiger partial charge in [0.2, 0.25) is 10.0 Å². The van der Waals surface area contributed by atoms with Crippen molar-refractivity contribution >= 4 is 10.0 Å². The van der Waals surface area contributed by atoms with Crippen molar-refractivity contribution in [2.45, 2.75) is 31.1 Å². The Bertz CT molecular complexity index is 552. The predicted octanol–water partition coefficient (Wildman–Crippen LogP) is 1.51. The average molecular weight is 298 g/mol. The smallest absolute Gasteiger partial charge is 0.243 e. The number of hydrogen-bond acceptors (Lipinski definition) is 4. The van der Waals surface area contributed by atoms with Gasteiger partial charge in [-0.3, -0.25) is 0 Å². The van der Waals surface area contributed by atoms with E-state index in [0.29, 0.717) is 36.9 Å². The molecule has 2 N–H and O–H groups in total. The first-order valence-corrected chi connectivity index (χ1v) is 8.43. The zero-order valence-electron chi connectivity index (χ0n) is 11.8. The van der Waals surface area contributed by atoms with Crippen molar-refractivity contribution in [1.29, 1.82) is 0 Å². The van der Waals surface area contributed by atoms with Gasteiger partial charge < -0.3 is 10.5 Å². The molecule has 0 aromatic heterocycles. The Kier molecular flexibility index (Phi) is 5.01. The van der Waals surface area contributed by atoms with Gasteiger partial charge in [-0.25, -0.2) is 8.42 Å². The van der Waals surface area contributed by atoms with Gasteiger partial charge in [0.05, 0.1) is 4.90 Å². The first-order chi connectivity index (χ1) is 9.55. The molecule has 5 nitrogen and oxygen atoms in total. The molecule has 0 spiro atoms. The molecular weight excluding hydrogens is 276 g/mol. The molecule has 20 heavy (non-hydrogen) atoms. The van der Waals surface area contributed by atoms with Crippen LogP contribution >= 0.6 is 0 Å². The maximum Gasteiger partial charge on any atom is 0.243 e. The Labute approximate surface area is 120 Å². The van der Waals surface area contributed by atoms with E-state index in [4.69, 9.17) is 10.5 Å². The maximum atomic E-state index is 12.5. The largest absolute Gasteiger partial charge is 0.492 e. The van der Waals surface area contributed by atoms with Crippen LogP contribution in [0.4, 0.5) is 0 Å². The van der Waals surface area contributed by atoms with Crippen LogP contribution in [0.2, 0.25) is 0 Å². The van der Waals surface area contributed by atoms with Crippen LogP contribution in [0.25, 0.3) is 0 Å². The first-order valence-electron chi connectivity index (χ1n) is 6.99. The average Bonchev–Trinajstić information content (AvgIpc) is 2.47. The highest BCUT2D eigenvalue weighted by Gasteiger charge is 2.26. The Morgan fingerprint density at radius 1 is 1.25 bits per heavy atom. The molecule has 1 aromatic carbocycles. The van der Waals surface area contributed by atoms with Crippen LogP contribution in [0.1, 0.15) is 24.8 Å². The van der Waals surface area contributed by atoms with Crippen molar-refractivity contribution in [3.63, 3.8) is 0 Å².